The zero-order valence-corrected chi connectivity index (χ0v) is 13.0. The Morgan fingerprint density at radius 3 is 2.38 bits per heavy atom. The Bertz CT molecular complexity index is 728. The molecule has 0 heterocycles. The lowest BCUT2D eigenvalue weighted by molar-refractivity contribution is -0.126. The third kappa shape index (κ3) is 5.53. The summed E-state index contributed by atoms with van der Waals surface area (Å²) in [7, 11) is 1.55. The van der Waals surface area contributed by atoms with Crippen LogP contribution in [0.25, 0.3) is 0 Å². The fraction of sp³-hybridized carbons (Fsp3) is 0.118. The van der Waals surface area contributed by atoms with E-state index >= 15 is 0 Å². The summed E-state index contributed by atoms with van der Waals surface area (Å²) in [6.45, 7) is 0. The van der Waals surface area contributed by atoms with Crippen molar-refractivity contribution in [2.24, 2.45) is 5.10 Å². The number of carbonyl (C=O) groups is 2. The molecule has 7 heteroatoms. The van der Waals surface area contributed by atoms with Gasteiger partial charge in [0.2, 0.25) is 11.8 Å². The second-order valence-electron chi connectivity index (χ2n) is 4.80. The van der Waals surface area contributed by atoms with Gasteiger partial charge in [-0.05, 0) is 42.0 Å². The Hall–Kier alpha value is -3.22. The van der Waals surface area contributed by atoms with Gasteiger partial charge in [0.05, 0.1) is 13.3 Å². The molecule has 0 aliphatic carbocycles. The first-order valence-electron chi connectivity index (χ1n) is 7.08. The van der Waals surface area contributed by atoms with Crippen LogP contribution in [-0.4, -0.2) is 25.1 Å². The molecule has 0 atom stereocenters. The third-order valence-corrected chi connectivity index (χ3v) is 2.97. The van der Waals surface area contributed by atoms with Crippen LogP contribution in [0.3, 0.4) is 0 Å². The molecule has 0 bridgehead atoms. The van der Waals surface area contributed by atoms with Crippen LogP contribution in [0.4, 0.5) is 10.1 Å². The van der Waals surface area contributed by atoms with Crippen molar-refractivity contribution < 1.29 is 18.7 Å². The highest BCUT2D eigenvalue weighted by atomic mass is 19.1. The van der Waals surface area contributed by atoms with Crippen molar-refractivity contribution in [3.8, 4) is 5.75 Å². The number of amides is 2. The van der Waals surface area contributed by atoms with Crippen LogP contribution < -0.4 is 15.5 Å². The molecule has 0 aliphatic heterocycles. The molecule has 2 aromatic carbocycles. The van der Waals surface area contributed by atoms with Gasteiger partial charge in [-0.3, -0.25) is 9.59 Å². The normalized spacial score (nSPS) is 10.4. The number of methoxy groups -OCH3 is 1. The summed E-state index contributed by atoms with van der Waals surface area (Å²) in [6, 6.07) is 12.3. The van der Waals surface area contributed by atoms with Gasteiger partial charge in [-0.2, -0.15) is 5.10 Å². The monoisotopic (exact) mass is 329 g/mol. The maximum absolute atomic E-state index is 12.7. The van der Waals surface area contributed by atoms with E-state index < -0.39 is 11.8 Å². The predicted molar refractivity (Wildman–Crippen MR) is 88.4 cm³/mol. The average Bonchev–Trinajstić information content (AvgIpc) is 2.57. The van der Waals surface area contributed by atoms with Gasteiger partial charge in [0, 0.05) is 5.69 Å². The third-order valence-electron chi connectivity index (χ3n) is 2.97. The van der Waals surface area contributed by atoms with E-state index in [-0.39, 0.29) is 12.2 Å². The van der Waals surface area contributed by atoms with Crippen molar-refractivity contribution >= 4 is 23.7 Å². The number of nitrogens with zero attached hydrogens (tertiary/aromatic N) is 1. The number of hydrogen-bond donors (Lipinski definition) is 2. The van der Waals surface area contributed by atoms with Gasteiger partial charge in [0.1, 0.15) is 18.0 Å². The molecule has 0 fully saturated rings. The lowest BCUT2D eigenvalue weighted by atomic mass is 10.2. The maximum atomic E-state index is 12.7. The molecule has 24 heavy (non-hydrogen) atoms. The Morgan fingerprint density at radius 1 is 1.08 bits per heavy atom. The first-order chi connectivity index (χ1) is 11.6. The SMILES string of the molecule is COc1ccc(NC(=O)CC(=O)NN=Cc2ccc(F)cc2)cc1. The number of halogens is 1. The molecule has 0 saturated heterocycles. The molecule has 0 aromatic heterocycles. The number of ether oxygens (including phenoxy) is 1. The van der Waals surface area contributed by atoms with E-state index in [1.165, 1.54) is 30.5 Å². The van der Waals surface area contributed by atoms with Crippen molar-refractivity contribution in [1.29, 1.82) is 0 Å². The summed E-state index contributed by atoms with van der Waals surface area (Å²) in [5.74, 6) is -0.707. The molecular weight excluding hydrogens is 313 g/mol. The standard InChI is InChI=1S/C17H16FN3O3/c1-24-15-8-6-14(7-9-15)20-16(22)10-17(23)21-19-11-12-2-4-13(18)5-3-12/h2-9,11H,10H2,1H3,(H,20,22)(H,21,23). The van der Waals surface area contributed by atoms with E-state index in [0.717, 1.165) is 0 Å². The van der Waals surface area contributed by atoms with E-state index in [1.807, 2.05) is 0 Å². The van der Waals surface area contributed by atoms with E-state index in [4.69, 9.17) is 4.74 Å². The Kier molecular flexibility index (Phi) is 6.01. The second kappa shape index (κ2) is 8.42. The fourth-order valence-electron chi connectivity index (χ4n) is 1.79. The van der Waals surface area contributed by atoms with Gasteiger partial charge in [-0.15, -0.1) is 0 Å². The van der Waals surface area contributed by atoms with Gasteiger partial charge in [0.15, 0.2) is 0 Å². The lowest BCUT2D eigenvalue weighted by Crippen LogP contribution is -2.24. The van der Waals surface area contributed by atoms with Gasteiger partial charge in [-0.1, -0.05) is 12.1 Å². The number of carbonyl (C=O) groups excluding carboxylic acids is 2. The quantitative estimate of drug-likeness (QED) is 0.485. The molecule has 2 amide bonds. The first-order valence-corrected chi connectivity index (χ1v) is 7.08. The highest BCUT2D eigenvalue weighted by Crippen LogP contribution is 2.15. The largest absolute Gasteiger partial charge is 0.497 e. The van der Waals surface area contributed by atoms with Crippen molar-refractivity contribution in [1.82, 2.24) is 5.43 Å². The van der Waals surface area contributed by atoms with Crippen LogP contribution in [-0.2, 0) is 9.59 Å². The van der Waals surface area contributed by atoms with Crippen molar-refractivity contribution in [2.45, 2.75) is 6.42 Å². The van der Waals surface area contributed by atoms with Crippen molar-refractivity contribution in [2.75, 3.05) is 12.4 Å². The van der Waals surface area contributed by atoms with Crippen LogP contribution in [0, 0.1) is 5.82 Å². The Labute approximate surface area is 138 Å². The molecule has 124 valence electrons. The van der Waals surface area contributed by atoms with Gasteiger partial charge < -0.3 is 10.1 Å². The van der Waals surface area contributed by atoms with Crippen molar-refractivity contribution in [3.63, 3.8) is 0 Å². The molecular formula is C17H16FN3O3. The lowest BCUT2D eigenvalue weighted by Gasteiger charge is -2.05. The molecule has 0 unspecified atom stereocenters. The minimum atomic E-state index is -0.556. The van der Waals surface area contributed by atoms with Crippen LogP contribution in [0.5, 0.6) is 5.75 Å². The highest BCUT2D eigenvalue weighted by Gasteiger charge is 2.09. The number of nitrogens with one attached hydrogen (secondary N) is 2. The zero-order chi connectivity index (χ0) is 17.4. The second-order valence-corrected chi connectivity index (χ2v) is 4.80. The number of anilines is 1. The smallest absolute Gasteiger partial charge is 0.249 e. The van der Waals surface area contributed by atoms with Crippen LogP contribution in [0.2, 0.25) is 0 Å². The Morgan fingerprint density at radius 2 is 1.75 bits per heavy atom. The first kappa shape index (κ1) is 17.1. The topological polar surface area (TPSA) is 79.8 Å². The van der Waals surface area contributed by atoms with Crippen LogP contribution in [0.15, 0.2) is 53.6 Å². The highest BCUT2D eigenvalue weighted by molar-refractivity contribution is 6.03. The molecule has 6 nitrogen and oxygen atoms in total. The molecule has 0 spiro atoms. The van der Waals surface area contributed by atoms with Crippen LogP contribution in [0.1, 0.15) is 12.0 Å². The van der Waals surface area contributed by atoms with E-state index in [0.29, 0.717) is 17.0 Å². The molecule has 0 radical (unpaired) electrons. The van der Waals surface area contributed by atoms with E-state index in [2.05, 4.69) is 15.8 Å². The summed E-state index contributed by atoms with van der Waals surface area (Å²) in [5, 5.41) is 6.30. The molecule has 2 aromatic rings. The summed E-state index contributed by atoms with van der Waals surface area (Å²) in [6.07, 6.45) is 0.992. The van der Waals surface area contributed by atoms with E-state index in [1.54, 1.807) is 31.4 Å². The van der Waals surface area contributed by atoms with Gasteiger partial charge in [0.25, 0.3) is 0 Å². The summed E-state index contributed by atoms with van der Waals surface area (Å²) >= 11 is 0. The zero-order valence-electron chi connectivity index (χ0n) is 13.0. The number of rotatable bonds is 6. The van der Waals surface area contributed by atoms with E-state index in [9.17, 15) is 14.0 Å². The summed E-state index contributed by atoms with van der Waals surface area (Å²) < 4.78 is 17.7. The van der Waals surface area contributed by atoms with Crippen molar-refractivity contribution in [3.05, 3.63) is 59.9 Å². The van der Waals surface area contributed by atoms with Crippen LogP contribution >= 0.6 is 0 Å². The minimum Gasteiger partial charge on any atom is -0.497 e. The Balaban J connectivity index is 1.78. The van der Waals surface area contributed by atoms with Gasteiger partial charge in [-0.25, -0.2) is 9.82 Å². The fourth-order valence-corrected chi connectivity index (χ4v) is 1.79. The predicted octanol–water partition coefficient (Wildman–Crippen LogP) is 2.31. The molecule has 0 aliphatic rings. The molecule has 0 saturated carbocycles. The maximum Gasteiger partial charge on any atom is 0.249 e. The minimum absolute atomic E-state index is 0.355. The van der Waals surface area contributed by atoms with Gasteiger partial charge >= 0.3 is 0 Å². The average molecular weight is 329 g/mol. The number of hydrogen-bond acceptors (Lipinski definition) is 4. The summed E-state index contributed by atoms with van der Waals surface area (Å²) in [4.78, 5) is 23.4. The summed E-state index contributed by atoms with van der Waals surface area (Å²) in [5.41, 5.74) is 3.42. The molecule has 2 N–H and O–H groups in total. The molecule has 2 rings (SSSR count). The number of benzene rings is 2. The number of hydrazone groups is 1.